The maximum atomic E-state index is 5.23. The van der Waals surface area contributed by atoms with E-state index in [4.69, 9.17) is 12.2 Å². The van der Waals surface area contributed by atoms with Gasteiger partial charge in [-0.15, -0.1) is 0 Å². The Balaban J connectivity index is 1.80. The summed E-state index contributed by atoms with van der Waals surface area (Å²) in [5, 5.41) is 3.13. The van der Waals surface area contributed by atoms with Crippen molar-refractivity contribution < 1.29 is 0 Å². The van der Waals surface area contributed by atoms with E-state index in [9.17, 15) is 0 Å². The lowest BCUT2D eigenvalue weighted by Gasteiger charge is -2.05. The second-order valence-electron chi connectivity index (χ2n) is 3.27. The molecule has 0 unspecified atom stereocenters. The van der Waals surface area contributed by atoms with E-state index in [0.717, 1.165) is 15.9 Å². The Hall–Kier alpha value is -1.26. The predicted octanol–water partition coefficient (Wildman–Crippen LogP) is 3.64. The van der Waals surface area contributed by atoms with Crippen molar-refractivity contribution in [2.75, 3.05) is 5.32 Å². The molecular weight excluding hydrogens is 236 g/mol. The smallest absolute Gasteiger partial charge is 0.139 e. The molecule has 0 saturated heterocycles. The summed E-state index contributed by atoms with van der Waals surface area (Å²) in [4.78, 5) is 3.05. The number of nitrogens with one attached hydrogen (secondary N) is 2. The first-order valence-electron chi connectivity index (χ1n) is 4.96. The van der Waals surface area contributed by atoms with Gasteiger partial charge in [0.05, 0.1) is 0 Å². The second-order valence-corrected chi connectivity index (χ2v) is 4.92. The molecule has 0 atom stereocenters. The summed E-state index contributed by atoms with van der Waals surface area (Å²) in [6.45, 7) is 0. The summed E-state index contributed by atoms with van der Waals surface area (Å²) in [7, 11) is 0. The molecule has 82 valence electrons. The van der Waals surface area contributed by atoms with Crippen molar-refractivity contribution >= 4 is 34.1 Å². The lowest BCUT2D eigenvalue weighted by molar-refractivity contribution is 1.40. The molecular formula is C12H12N2S2. The van der Waals surface area contributed by atoms with Gasteiger partial charge in [-0.25, -0.2) is 0 Å². The Morgan fingerprint density at radius 2 is 2.00 bits per heavy atom. The van der Waals surface area contributed by atoms with E-state index in [2.05, 4.69) is 22.4 Å². The molecule has 4 heteroatoms. The average molecular weight is 248 g/mol. The Morgan fingerprint density at radius 3 is 2.69 bits per heavy atom. The van der Waals surface area contributed by atoms with Crippen molar-refractivity contribution in [2.24, 2.45) is 0 Å². The zero-order valence-electron chi connectivity index (χ0n) is 8.64. The van der Waals surface area contributed by atoms with Gasteiger partial charge in [0.2, 0.25) is 0 Å². The van der Waals surface area contributed by atoms with Gasteiger partial charge in [0.15, 0.2) is 0 Å². The molecule has 1 aromatic heterocycles. The van der Waals surface area contributed by atoms with Gasteiger partial charge in [0.25, 0.3) is 0 Å². The van der Waals surface area contributed by atoms with Crippen molar-refractivity contribution in [2.45, 2.75) is 5.75 Å². The van der Waals surface area contributed by atoms with Gasteiger partial charge in [0.1, 0.15) is 10.1 Å². The van der Waals surface area contributed by atoms with Gasteiger partial charge in [-0.3, -0.25) is 0 Å². The first-order valence-corrected chi connectivity index (χ1v) is 6.35. The first-order chi connectivity index (χ1) is 7.84. The van der Waals surface area contributed by atoms with Crippen LogP contribution in [0.15, 0.2) is 48.7 Å². The van der Waals surface area contributed by atoms with Crippen LogP contribution in [0.5, 0.6) is 0 Å². The fraction of sp³-hybridized carbons (Fsp3) is 0.0833. The molecule has 2 aromatic rings. The largest absolute Gasteiger partial charge is 0.348 e. The van der Waals surface area contributed by atoms with Crippen LogP contribution in [0.4, 0.5) is 5.82 Å². The minimum absolute atomic E-state index is 0.784. The summed E-state index contributed by atoms with van der Waals surface area (Å²) in [5.74, 6) is 1.83. The van der Waals surface area contributed by atoms with Crippen LogP contribution in [-0.2, 0) is 5.75 Å². The zero-order chi connectivity index (χ0) is 11.2. The maximum Gasteiger partial charge on any atom is 0.139 e. The van der Waals surface area contributed by atoms with E-state index in [-0.39, 0.29) is 0 Å². The Labute approximate surface area is 104 Å². The molecule has 2 nitrogen and oxygen atoms in total. The molecule has 1 aromatic carbocycles. The van der Waals surface area contributed by atoms with E-state index in [1.54, 1.807) is 11.8 Å². The minimum Gasteiger partial charge on any atom is -0.348 e. The molecule has 0 aliphatic rings. The average Bonchev–Trinajstić information content (AvgIpc) is 2.81. The van der Waals surface area contributed by atoms with Gasteiger partial charge >= 0.3 is 0 Å². The number of hydrogen-bond donors (Lipinski definition) is 2. The van der Waals surface area contributed by atoms with Gasteiger partial charge in [-0.2, -0.15) is 0 Å². The summed E-state index contributed by atoms with van der Waals surface area (Å²) in [6, 6.07) is 14.2. The number of hydrogen-bond acceptors (Lipinski definition) is 2. The van der Waals surface area contributed by atoms with E-state index in [1.807, 2.05) is 36.5 Å². The number of anilines is 1. The van der Waals surface area contributed by atoms with Crippen LogP contribution >= 0.6 is 24.0 Å². The Bertz CT molecular complexity index is 437. The van der Waals surface area contributed by atoms with Gasteiger partial charge in [-0.05, 0) is 17.7 Å². The minimum atomic E-state index is 0.784. The third-order valence-electron chi connectivity index (χ3n) is 2.05. The van der Waals surface area contributed by atoms with Crippen LogP contribution in [-0.4, -0.2) is 9.30 Å². The molecule has 0 aliphatic heterocycles. The van der Waals surface area contributed by atoms with Gasteiger partial charge in [0, 0.05) is 11.9 Å². The van der Waals surface area contributed by atoms with E-state index >= 15 is 0 Å². The Kier molecular flexibility index (Phi) is 4.02. The van der Waals surface area contributed by atoms with Crippen molar-refractivity contribution in [1.82, 2.24) is 4.98 Å². The Morgan fingerprint density at radius 1 is 1.19 bits per heavy atom. The van der Waals surface area contributed by atoms with Crippen LogP contribution in [0.1, 0.15) is 5.56 Å². The third-order valence-corrected chi connectivity index (χ3v) is 3.34. The number of aromatic nitrogens is 1. The molecule has 0 spiro atoms. The van der Waals surface area contributed by atoms with Crippen LogP contribution in [0, 0.1) is 0 Å². The maximum absolute atomic E-state index is 5.23. The normalized spacial score (nSPS) is 10.0. The lowest BCUT2D eigenvalue weighted by atomic mass is 10.2. The van der Waals surface area contributed by atoms with Crippen molar-refractivity contribution in [3.8, 4) is 0 Å². The van der Waals surface area contributed by atoms with Gasteiger partial charge < -0.3 is 10.3 Å². The molecule has 2 N–H and O–H groups in total. The number of thioether (sulfide) groups is 1. The molecule has 0 bridgehead atoms. The topological polar surface area (TPSA) is 27.8 Å². The highest BCUT2D eigenvalue weighted by molar-refractivity contribution is 8.22. The molecule has 0 saturated carbocycles. The number of rotatable bonds is 3. The monoisotopic (exact) mass is 248 g/mol. The van der Waals surface area contributed by atoms with Crippen LogP contribution in [0.25, 0.3) is 0 Å². The highest BCUT2D eigenvalue weighted by Crippen LogP contribution is 2.15. The molecule has 0 amide bonds. The highest BCUT2D eigenvalue weighted by Gasteiger charge is 1.99. The third kappa shape index (κ3) is 3.40. The first kappa shape index (κ1) is 11.2. The van der Waals surface area contributed by atoms with E-state index in [1.165, 1.54) is 5.56 Å². The fourth-order valence-corrected chi connectivity index (χ4v) is 2.24. The number of H-pyrrole nitrogens is 1. The molecule has 0 fully saturated rings. The van der Waals surface area contributed by atoms with Crippen molar-refractivity contribution in [3.05, 3.63) is 54.2 Å². The van der Waals surface area contributed by atoms with E-state index < -0.39 is 0 Å². The quantitative estimate of drug-likeness (QED) is 0.812. The summed E-state index contributed by atoms with van der Waals surface area (Å²) >= 11 is 6.86. The van der Waals surface area contributed by atoms with Crippen LogP contribution in [0.2, 0.25) is 0 Å². The summed E-state index contributed by atoms with van der Waals surface area (Å²) in [6.07, 6.45) is 1.87. The summed E-state index contributed by atoms with van der Waals surface area (Å²) in [5.41, 5.74) is 1.28. The fourth-order valence-electron chi connectivity index (χ4n) is 1.28. The SMILES string of the molecule is S=C(Nc1ccc[nH]1)SCc1ccccc1. The number of thiocarbonyl (C=S) groups is 1. The van der Waals surface area contributed by atoms with Crippen molar-refractivity contribution in [1.29, 1.82) is 0 Å². The highest BCUT2D eigenvalue weighted by atomic mass is 32.2. The molecule has 1 heterocycles. The number of aromatic amines is 1. The molecule has 0 aliphatic carbocycles. The zero-order valence-corrected chi connectivity index (χ0v) is 10.3. The number of benzene rings is 1. The molecule has 2 rings (SSSR count). The standard InChI is InChI=1S/C12H12N2S2/c15-12(14-11-7-4-8-13-11)16-9-10-5-2-1-3-6-10/h1-8,13H,9H2,(H,14,15). The lowest BCUT2D eigenvalue weighted by Crippen LogP contribution is -2.04. The predicted molar refractivity (Wildman–Crippen MR) is 74.8 cm³/mol. The van der Waals surface area contributed by atoms with E-state index in [0.29, 0.717) is 0 Å². The van der Waals surface area contributed by atoms with Gasteiger partial charge in [-0.1, -0.05) is 54.3 Å². The van der Waals surface area contributed by atoms with Crippen molar-refractivity contribution in [3.63, 3.8) is 0 Å². The molecule has 0 radical (unpaired) electrons. The van der Waals surface area contributed by atoms with Crippen LogP contribution < -0.4 is 5.32 Å². The van der Waals surface area contributed by atoms with Crippen LogP contribution in [0.3, 0.4) is 0 Å². The molecule has 16 heavy (non-hydrogen) atoms. The second kappa shape index (κ2) is 5.72. The summed E-state index contributed by atoms with van der Waals surface area (Å²) < 4.78 is 0.784.